The number of pyridine rings is 1. The third-order valence-corrected chi connectivity index (χ3v) is 2.75. The second-order valence-electron chi connectivity index (χ2n) is 4.18. The molecular formula is C12H17N3O. The first-order chi connectivity index (χ1) is 7.75. The molecule has 0 bridgehead atoms. The highest BCUT2D eigenvalue weighted by molar-refractivity contribution is 5.92. The zero-order chi connectivity index (χ0) is 11.4. The summed E-state index contributed by atoms with van der Waals surface area (Å²) in [5.41, 5.74) is 1.37. The molecule has 0 saturated carbocycles. The van der Waals surface area contributed by atoms with Crippen molar-refractivity contribution >= 4 is 5.91 Å². The van der Waals surface area contributed by atoms with Crippen LogP contribution in [-0.2, 0) is 0 Å². The molecule has 1 atom stereocenters. The van der Waals surface area contributed by atoms with Crippen molar-refractivity contribution in [1.29, 1.82) is 0 Å². The van der Waals surface area contributed by atoms with Gasteiger partial charge in [0.15, 0.2) is 0 Å². The maximum absolute atomic E-state index is 11.9. The minimum Gasteiger partial charge on any atom is -0.347 e. The fourth-order valence-electron chi connectivity index (χ4n) is 1.90. The summed E-state index contributed by atoms with van der Waals surface area (Å²) in [7, 11) is 0. The van der Waals surface area contributed by atoms with E-state index in [1.807, 2.05) is 19.1 Å². The molecule has 0 unspecified atom stereocenters. The molecule has 2 N–H and O–H groups in total. The number of piperidine rings is 1. The van der Waals surface area contributed by atoms with E-state index in [-0.39, 0.29) is 11.9 Å². The Morgan fingerprint density at radius 1 is 1.56 bits per heavy atom. The van der Waals surface area contributed by atoms with Crippen molar-refractivity contribution in [3.05, 3.63) is 29.6 Å². The first kappa shape index (κ1) is 11.1. The smallest absolute Gasteiger partial charge is 0.270 e. The van der Waals surface area contributed by atoms with Crippen LogP contribution in [0.2, 0.25) is 0 Å². The van der Waals surface area contributed by atoms with Gasteiger partial charge < -0.3 is 10.6 Å². The van der Waals surface area contributed by atoms with Crippen LogP contribution in [0.1, 0.15) is 29.0 Å². The molecule has 0 spiro atoms. The highest BCUT2D eigenvalue weighted by Gasteiger charge is 2.16. The van der Waals surface area contributed by atoms with Crippen molar-refractivity contribution in [2.75, 3.05) is 13.1 Å². The summed E-state index contributed by atoms with van der Waals surface area (Å²) < 4.78 is 0. The number of carbonyl (C=O) groups excluding carboxylic acids is 1. The number of aromatic nitrogens is 1. The summed E-state index contributed by atoms with van der Waals surface area (Å²) in [5, 5.41) is 6.27. The molecule has 1 aromatic heterocycles. The van der Waals surface area contributed by atoms with E-state index < -0.39 is 0 Å². The lowest BCUT2D eigenvalue weighted by atomic mass is 10.1. The van der Waals surface area contributed by atoms with Crippen molar-refractivity contribution < 1.29 is 4.79 Å². The van der Waals surface area contributed by atoms with Crippen LogP contribution in [0.15, 0.2) is 18.2 Å². The minimum absolute atomic E-state index is 0.0719. The Morgan fingerprint density at radius 2 is 2.44 bits per heavy atom. The largest absolute Gasteiger partial charge is 0.347 e. The fraction of sp³-hybridized carbons (Fsp3) is 0.500. The number of nitrogens with zero attached hydrogens (tertiary/aromatic N) is 1. The van der Waals surface area contributed by atoms with Crippen molar-refractivity contribution in [3.8, 4) is 0 Å². The van der Waals surface area contributed by atoms with Crippen LogP contribution < -0.4 is 10.6 Å². The second kappa shape index (κ2) is 5.07. The summed E-state index contributed by atoms with van der Waals surface area (Å²) in [6, 6.07) is 5.73. The maximum Gasteiger partial charge on any atom is 0.270 e. The number of aryl methyl sites for hydroxylation is 1. The van der Waals surface area contributed by atoms with Gasteiger partial charge in [-0.3, -0.25) is 4.79 Å². The Hall–Kier alpha value is -1.42. The molecule has 1 aliphatic rings. The molecule has 4 nitrogen and oxygen atoms in total. The predicted octanol–water partition coefficient (Wildman–Crippen LogP) is 0.872. The standard InChI is InChI=1S/C12H17N3O/c1-9-4-2-6-11(14-9)12(16)15-10-5-3-7-13-8-10/h2,4,6,10,13H,3,5,7-8H2,1H3,(H,15,16)/t10-/m0/s1. The number of nitrogens with one attached hydrogen (secondary N) is 2. The molecule has 1 aromatic rings. The zero-order valence-corrected chi connectivity index (χ0v) is 9.49. The van der Waals surface area contributed by atoms with E-state index in [0.717, 1.165) is 31.6 Å². The lowest BCUT2D eigenvalue weighted by Crippen LogP contribution is -2.45. The Bertz CT molecular complexity index is 372. The third-order valence-electron chi connectivity index (χ3n) is 2.75. The van der Waals surface area contributed by atoms with Gasteiger partial charge in [-0.2, -0.15) is 0 Å². The molecule has 4 heteroatoms. The topological polar surface area (TPSA) is 54.0 Å². The molecule has 86 valence electrons. The van der Waals surface area contributed by atoms with Crippen LogP contribution in [0, 0.1) is 6.92 Å². The summed E-state index contributed by atoms with van der Waals surface area (Å²) in [6.45, 7) is 3.80. The number of amides is 1. The second-order valence-corrected chi connectivity index (χ2v) is 4.18. The lowest BCUT2D eigenvalue weighted by molar-refractivity contribution is 0.0925. The van der Waals surface area contributed by atoms with E-state index in [0.29, 0.717) is 5.69 Å². The number of hydrogen-bond donors (Lipinski definition) is 2. The van der Waals surface area contributed by atoms with Crippen molar-refractivity contribution in [1.82, 2.24) is 15.6 Å². The van der Waals surface area contributed by atoms with Crippen LogP contribution in [0.5, 0.6) is 0 Å². The predicted molar refractivity (Wildman–Crippen MR) is 62.3 cm³/mol. The summed E-state index contributed by atoms with van der Waals surface area (Å²) in [6.07, 6.45) is 2.16. The Balaban J connectivity index is 1.97. The molecular weight excluding hydrogens is 202 g/mol. The quantitative estimate of drug-likeness (QED) is 0.776. The van der Waals surface area contributed by atoms with Gasteiger partial charge in [0.2, 0.25) is 0 Å². The third kappa shape index (κ3) is 2.79. The molecule has 16 heavy (non-hydrogen) atoms. The molecule has 0 aromatic carbocycles. The highest BCUT2D eigenvalue weighted by Crippen LogP contribution is 2.03. The number of carbonyl (C=O) groups is 1. The van der Waals surface area contributed by atoms with Gasteiger partial charge in [-0.05, 0) is 38.4 Å². The number of hydrogen-bond acceptors (Lipinski definition) is 3. The van der Waals surface area contributed by atoms with Gasteiger partial charge in [-0.15, -0.1) is 0 Å². The van der Waals surface area contributed by atoms with Crippen molar-refractivity contribution in [2.24, 2.45) is 0 Å². The first-order valence-electron chi connectivity index (χ1n) is 5.71. The maximum atomic E-state index is 11.9. The van der Waals surface area contributed by atoms with E-state index in [4.69, 9.17) is 0 Å². The summed E-state index contributed by atoms with van der Waals surface area (Å²) in [5.74, 6) is -0.0719. The van der Waals surface area contributed by atoms with Gasteiger partial charge in [0, 0.05) is 18.3 Å². The average Bonchev–Trinajstić information content (AvgIpc) is 2.30. The minimum atomic E-state index is -0.0719. The van der Waals surface area contributed by atoms with E-state index in [1.54, 1.807) is 6.07 Å². The van der Waals surface area contributed by atoms with Gasteiger partial charge in [0.1, 0.15) is 5.69 Å². The normalized spacial score (nSPS) is 20.4. The van der Waals surface area contributed by atoms with Gasteiger partial charge in [-0.1, -0.05) is 6.07 Å². The average molecular weight is 219 g/mol. The van der Waals surface area contributed by atoms with Crippen LogP contribution in [0.25, 0.3) is 0 Å². The first-order valence-corrected chi connectivity index (χ1v) is 5.71. The molecule has 1 aliphatic heterocycles. The SMILES string of the molecule is Cc1cccc(C(=O)N[C@H]2CCCNC2)n1. The lowest BCUT2D eigenvalue weighted by Gasteiger charge is -2.23. The van der Waals surface area contributed by atoms with Gasteiger partial charge in [-0.25, -0.2) is 4.98 Å². The molecule has 2 heterocycles. The Kier molecular flexibility index (Phi) is 3.51. The van der Waals surface area contributed by atoms with E-state index in [1.165, 1.54) is 0 Å². The highest BCUT2D eigenvalue weighted by atomic mass is 16.1. The monoisotopic (exact) mass is 219 g/mol. The van der Waals surface area contributed by atoms with Crippen molar-refractivity contribution in [2.45, 2.75) is 25.8 Å². The van der Waals surface area contributed by atoms with Gasteiger partial charge in [0.25, 0.3) is 5.91 Å². The number of rotatable bonds is 2. The molecule has 1 amide bonds. The molecule has 0 radical (unpaired) electrons. The summed E-state index contributed by atoms with van der Waals surface area (Å²) in [4.78, 5) is 16.1. The van der Waals surface area contributed by atoms with Crippen molar-refractivity contribution in [3.63, 3.8) is 0 Å². The van der Waals surface area contributed by atoms with E-state index in [9.17, 15) is 4.79 Å². The molecule has 0 aliphatic carbocycles. The van der Waals surface area contributed by atoms with Crippen LogP contribution in [0.4, 0.5) is 0 Å². The van der Waals surface area contributed by atoms with Gasteiger partial charge >= 0.3 is 0 Å². The Morgan fingerprint density at radius 3 is 3.12 bits per heavy atom. The fourth-order valence-corrected chi connectivity index (χ4v) is 1.90. The van der Waals surface area contributed by atoms with E-state index in [2.05, 4.69) is 15.6 Å². The molecule has 1 saturated heterocycles. The van der Waals surface area contributed by atoms with E-state index >= 15 is 0 Å². The molecule has 2 rings (SSSR count). The zero-order valence-electron chi connectivity index (χ0n) is 9.49. The molecule has 1 fully saturated rings. The van der Waals surface area contributed by atoms with Crippen LogP contribution in [0.3, 0.4) is 0 Å². The van der Waals surface area contributed by atoms with Crippen LogP contribution in [-0.4, -0.2) is 30.0 Å². The summed E-state index contributed by atoms with van der Waals surface area (Å²) >= 11 is 0. The van der Waals surface area contributed by atoms with Crippen LogP contribution >= 0.6 is 0 Å². The van der Waals surface area contributed by atoms with Gasteiger partial charge in [0.05, 0.1) is 0 Å². The Labute approximate surface area is 95.5 Å².